The van der Waals surface area contributed by atoms with Gasteiger partial charge in [-0.1, -0.05) is 23.7 Å². The lowest BCUT2D eigenvalue weighted by Crippen LogP contribution is -2.05. The van der Waals surface area contributed by atoms with E-state index in [4.69, 9.17) is 16.3 Å². The second-order valence-electron chi connectivity index (χ2n) is 3.94. The molecule has 94 valence electrons. The van der Waals surface area contributed by atoms with Crippen LogP contribution < -0.4 is 4.74 Å². The smallest absolute Gasteiger partial charge is 0.177 e. The van der Waals surface area contributed by atoms with Gasteiger partial charge in [-0.25, -0.2) is 0 Å². The third kappa shape index (κ3) is 3.34. The molecule has 18 heavy (non-hydrogen) atoms. The lowest BCUT2D eigenvalue weighted by atomic mass is 10.2. The zero-order valence-corrected chi connectivity index (χ0v) is 11.6. The SMILES string of the molecule is Cc1cccc(OCCC(=O)c2sccc2Cl)c1. The molecule has 0 aliphatic rings. The van der Waals surface area contributed by atoms with Gasteiger partial charge in [0, 0.05) is 6.42 Å². The number of hydrogen-bond acceptors (Lipinski definition) is 3. The molecule has 0 aliphatic carbocycles. The molecule has 0 unspecified atom stereocenters. The molecule has 1 heterocycles. The van der Waals surface area contributed by atoms with Crippen molar-refractivity contribution in [3.05, 3.63) is 51.2 Å². The molecular formula is C14H13ClO2S. The Balaban J connectivity index is 1.86. The average molecular weight is 281 g/mol. The Morgan fingerprint density at radius 3 is 2.89 bits per heavy atom. The molecule has 2 rings (SSSR count). The van der Waals surface area contributed by atoms with E-state index in [1.807, 2.05) is 36.6 Å². The van der Waals surface area contributed by atoms with E-state index in [0.717, 1.165) is 11.3 Å². The maximum atomic E-state index is 11.8. The highest BCUT2D eigenvalue weighted by atomic mass is 35.5. The monoisotopic (exact) mass is 280 g/mol. The van der Waals surface area contributed by atoms with Crippen LogP contribution in [0.4, 0.5) is 0 Å². The van der Waals surface area contributed by atoms with Gasteiger partial charge in [0.2, 0.25) is 0 Å². The third-order valence-corrected chi connectivity index (χ3v) is 3.84. The van der Waals surface area contributed by atoms with Gasteiger partial charge in [0.25, 0.3) is 0 Å². The quantitative estimate of drug-likeness (QED) is 0.761. The van der Waals surface area contributed by atoms with E-state index in [9.17, 15) is 4.79 Å². The van der Waals surface area contributed by atoms with Crippen molar-refractivity contribution in [3.8, 4) is 5.75 Å². The van der Waals surface area contributed by atoms with E-state index in [1.165, 1.54) is 11.3 Å². The molecule has 0 atom stereocenters. The minimum absolute atomic E-state index is 0.0302. The van der Waals surface area contributed by atoms with Gasteiger partial charge in [-0.2, -0.15) is 0 Å². The van der Waals surface area contributed by atoms with E-state index in [1.54, 1.807) is 6.07 Å². The predicted molar refractivity (Wildman–Crippen MR) is 75.0 cm³/mol. The summed E-state index contributed by atoms with van der Waals surface area (Å²) in [6.07, 6.45) is 0.341. The second-order valence-corrected chi connectivity index (χ2v) is 5.26. The first-order chi connectivity index (χ1) is 8.66. The Kier molecular flexibility index (Phi) is 4.39. The van der Waals surface area contributed by atoms with Crippen molar-refractivity contribution in [3.63, 3.8) is 0 Å². The van der Waals surface area contributed by atoms with Crippen LogP contribution in [-0.4, -0.2) is 12.4 Å². The summed E-state index contributed by atoms with van der Waals surface area (Å²) >= 11 is 7.27. The third-order valence-electron chi connectivity index (χ3n) is 2.46. The van der Waals surface area contributed by atoms with Gasteiger partial charge in [0.1, 0.15) is 5.75 Å². The van der Waals surface area contributed by atoms with Gasteiger partial charge in [0.05, 0.1) is 16.5 Å². The highest BCUT2D eigenvalue weighted by molar-refractivity contribution is 7.12. The van der Waals surface area contributed by atoms with Crippen LogP contribution in [0.25, 0.3) is 0 Å². The molecule has 0 bridgehead atoms. The molecule has 2 aromatic rings. The number of aryl methyl sites for hydroxylation is 1. The standard InChI is InChI=1S/C14H13ClO2S/c1-10-3-2-4-11(9-10)17-7-5-13(16)14-12(15)6-8-18-14/h2-4,6,8-9H,5,7H2,1H3. The van der Waals surface area contributed by atoms with Crippen LogP contribution in [0.3, 0.4) is 0 Å². The first-order valence-electron chi connectivity index (χ1n) is 5.62. The average Bonchev–Trinajstić information content (AvgIpc) is 2.75. The topological polar surface area (TPSA) is 26.3 Å². The molecule has 4 heteroatoms. The number of benzene rings is 1. The van der Waals surface area contributed by atoms with E-state index in [2.05, 4.69) is 0 Å². The molecule has 0 fully saturated rings. The van der Waals surface area contributed by atoms with Crippen molar-refractivity contribution in [2.24, 2.45) is 0 Å². The first-order valence-corrected chi connectivity index (χ1v) is 6.88. The molecule has 0 aliphatic heterocycles. The minimum Gasteiger partial charge on any atom is -0.493 e. The van der Waals surface area contributed by atoms with Crippen LogP contribution in [0.5, 0.6) is 5.75 Å². The van der Waals surface area contributed by atoms with Crippen molar-refractivity contribution in [1.29, 1.82) is 0 Å². The summed E-state index contributed by atoms with van der Waals surface area (Å²) in [6.45, 7) is 2.37. The maximum Gasteiger partial charge on any atom is 0.177 e. The summed E-state index contributed by atoms with van der Waals surface area (Å²) < 4.78 is 5.54. The fourth-order valence-corrected chi connectivity index (χ4v) is 2.70. The Hall–Kier alpha value is -1.32. The van der Waals surface area contributed by atoms with Crippen LogP contribution >= 0.6 is 22.9 Å². The van der Waals surface area contributed by atoms with Gasteiger partial charge in [-0.15, -0.1) is 11.3 Å². The van der Waals surface area contributed by atoms with Gasteiger partial charge >= 0.3 is 0 Å². The highest BCUT2D eigenvalue weighted by Crippen LogP contribution is 2.23. The normalized spacial score (nSPS) is 10.3. The number of ether oxygens (including phenoxy) is 1. The van der Waals surface area contributed by atoms with Crippen LogP contribution in [0.15, 0.2) is 35.7 Å². The minimum atomic E-state index is 0.0302. The van der Waals surface area contributed by atoms with Gasteiger partial charge in [0.15, 0.2) is 5.78 Å². The Morgan fingerprint density at radius 1 is 1.39 bits per heavy atom. The van der Waals surface area contributed by atoms with Crippen molar-refractivity contribution >= 4 is 28.7 Å². The lowest BCUT2D eigenvalue weighted by molar-refractivity contribution is 0.0966. The molecule has 1 aromatic heterocycles. The Bertz CT molecular complexity index is 548. The summed E-state index contributed by atoms with van der Waals surface area (Å²) in [7, 11) is 0. The molecule has 0 saturated heterocycles. The molecule has 0 spiro atoms. The number of carbonyl (C=O) groups excluding carboxylic acids is 1. The van der Waals surface area contributed by atoms with E-state index < -0.39 is 0 Å². The summed E-state index contributed by atoms with van der Waals surface area (Å²) in [5.41, 5.74) is 1.14. The Morgan fingerprint density at radius 2 is 2.22 bits per heavy atom. The van der Waals surface area contributed by atoms with Crippen molar-refractivity contribution in [2.75, 3.05) is 6.61 Å². The van der Waals surface area contributed by atoms with Crippen molar-refractivity contribution in [1.82, 2.24) is 0 Å². The zero-order valence-electron chi connectivity index (χ0n) is 9.98. The van der Waals surface area contributed by atoms with E-state index in [0.29, 0.717) is 22.9 Å². The van der Waals surface area contributed by atoms with Crippen LogP contribution in [0.1, 0.15) is 21.7 Å². The second kappa shape index (κ2) is 6.03. The number of rotatable bonds is 5. The van der Waals surface area contributed by atoms with Crippen LogP contribution in [0.2, 0.25) is 5.02 Å². The fraction of sp³-hybridized carbons (Fsp3) is 0.214. The summed E-state index contributed by atoms with van der Waals surface area (Å²) in [5.74, 6) is 0.822. The molecule has 0 amide bonds. The number of thiophene rings is 1. The predicted octanol–water partition coefficient (Wildman–Crippen LogP) is 4.36. The van der Waals surface area contributed by atoms with E-state index in [-0.39, 0.29) is 5.78 Å². The van der Waals surface area contributed by atoms with Crippen LogP contribution in [-0.2, 0) is 0 Å². The highest BCUT2D eigenvalue weighted by Gasteiger charge is 2.11. The number of hydrogen-bond donors (Lipinski definition) is 0. The molecule has 0 saturated carbocycles. The van der Waals surface area contributed by atoms with Gasteiger partial charge in [-0.3, -0.25) is 4.79 Å². The van der Waals surface area contributed by atoms with Crippen LogP contribution in [0, 0.1) is 6.92 Å². The summed E-state index contributed by atoms with van der Waals surface area (Å²) in [5, 5.41) is 2.34. The summed E-state index contributed by atoms with van der Waals surface area (Å²) in [6, 6.07) is 9.51. The molecule has 2 nitrogen and oxygen atoms in total. The molecule has 0 radical (unpaired) electrons. The zero-order chi connectivity index (χ0) is 13.0. The Labute approximate surface area is 115 Å². The molecule has 1 aromatic carbocycles. The number of carbonyl (C=O) groups is 1. The number of ketones is 1. The maximum absolute atomic E-state index is 11.8. The molecule has 0 N–H and O–H groups in total. The van der Waals surface area contributed by atoms with E-state index >= 15 is 0 Å². The van der Waals surface area contributed by atoms with Gasteiger partial charge in [-0.05, 0) is 36.1 Å². The first kappa shape index (κ1) is 13.1. The fourth-order valence-electron chi connectivity index (χ4n) is 1.57. The van der Waals surface area contributed by atoms with Crippen molar-refractivity contribution < 1.29 is 9.53 Å². The largest absolute Gasteiger partial charge is 0.493 e. The number of Topliss-reactive ketones (excluding diaryl/α,β-unsaturated/α-hetero) is 1. The molecular weight excluding hydrogens is 268 g/mol. The number of halogens is 1. The lowest BCUT2D eigenvalue weighted by Gasteiger charge is -2.05. The van der Waals surface area contributed by atoms with Gasteiger partial charge < -0.3 is 4.74 Å². The van der Waals surface area contributed by atoms with Crippen molar-refractivity contribution in [2.45, 2.75) is 13.3 Å². The summed E-state index contributed by atoms with van der Waals surface area (Å²) in [4.78, 5) is 12.4.